The Hall–Kier alpha value is -0.810. The Morgan fingerprint density at radius 1 is 1.17 bits per heavy atom. The Labute approximate surface area is 152 Å². The van der Waals surface area contributed by atoms with Crippen molar-refractivity contribution in [3.63, 3.8) is 0 Å². The van der Waals surface area contributed by atoms with Gasteiger partial charge in [0, 0.05) is 6.04 Å². The molecule has 1 unspecified atom stereocenters. The summed E-state index contributed by atoms with van der Waals surface area (Å²) in [5.74, 6) is 0.136. The smallest absolute Gasteiger partial charge is 0.242 e. The van der Waals surface area contributed by atoms with Crippen molar-refractivity contribution in [2.75, 3.05) is 26.2 Å². The standard InChI is InChI=1S/C17H27N3O.2ClH/c1-3-20(4-2)16(14-8-6-5-7-9-14)17(21)19-15-10-12-18-13-11-15;;/h5-9,15-16,18H,3-4,10-13H2,1-2H3,(H,19,21);2*1H. The first-order valence-electron chi connectivity index (χ1n) is 8.06. The minimum absolute atomic E-state index is 0. The van der Waals surface area contributed by atoms with Gasteiger partial charge in [-0.3, -0.25) is 9.69 Å². The van der Waals surface area contributed by atoms with Gasteiger partial charge in [0.1, 0.15) is 6.04 Å². The first kappa shape index (κ1) is 22.2. The third-order valence-corrected chi connectivity index (χ3v) is 4.23. The van der Waals surface area contributed by atoms with Crippen molar-refractivity contribution >= 4 is 30.7 Å². The number of hydrogen-bond donors (Lipinski definition) is 2. The molecule has 1 atom stereocenters. The number of halogens is 2. The molecule has 1 aliphatic rings. The summed E-state index contributed by atoms with van der Waals surface area (Å²) in [6, 6.07) is 10.2. The molecule has 0 spiro atoms. The van der Waals surface area contributed by atoms with Crippen LogP contribution in [0.5, 0.6) is 0 Å². The number of benzene rings is 1. The van der Waals surface area contributed by atoms with Crippen molar-refractivity contribution in [1.29, 1.82) is 0 Å². The normalized spacial score (nSPS) is 16.1. The fraction of sp³-hybridized carbons (Fsp3) is 0.588. The molecule has 0 aromatic heterocycles. The Bertz CT molecular complexity index is 435. The van der Waals surface area contributed by atoms with Gasteiger partial charge in [0.2, 0.25) is 5.91 Å². The van der Waals surface area contributed by atoms with Gasteiger partial charge in [-0.25, -0.2) is 0 Å². The molecular weight excluding hydrogens is 333 g/mol. The van der Waals surface area contributed by atoms with E-state index in [-0.39, 0.29) is 36.8 Å². The van der Waals surface area contributed by atoms with Crippen LogP contribution in [0.1, 0.15) is 38.3 Å². The Balaban J connectivity index is 0.00000242. The second-order valence-corrected chi connectivity index (χ2v) is 5.57. The molecule has 1 saturated heterocycles. The van der Waals surface area contributed by atoms with Crippen LogP contribution in [0.2, 0.25) is 0 Å². The van der Waals surface area contributed by atoms with Crippen LogP contribution in [0.3, 0.4) is 0 Å². The minimum atomic E-state index is -0.184. The van der Waals surface area contributed by atoms with Crippen molar-refractivity contribution < 1.29 is 4.79 Å². The van der Waals surface area contributed by atoms with E-state index in [1.807, 2.05) is 30.3 Å². The van der Waals surface area contributed by atoms with Gasteiger partial charge in [0.25, 0.3) is 0 Å². The highest BCUT2D eigenvalue weighted by molar-refractivity contribution is 5.85. The van der Waals surface area contributed by atoms with Gasteiger partial charge in [-0.2, -0.15) is 0 Å². The second kappa shape index (κ2) is 11.7. The van der Waals surface area contributed by atoms with Crippen LogP contribution in [-0.2, 0) is 4.79 Å². The molecule has 23 heavy (non-hydrogen) atoms. The number of rotatable bonds is 6. The van der Waals surface area contributed by atoms with Crippen LogP contribution in [0.15, 0.2) is 30.3 Å². The summed E-state index contributed by atoms with van der Waals surface area (Å²) in [7, 11) is 0. The molecule has 1 fully saturated rings. The second-order valence-electron chi connectivity index (χ2n) is 5.57. The third kappa shape index (κ3) is 6.30. The van der Waals surface area contributed by atoms with E-state index >= 15 is 0 Å². The fourth-order valence-corrected chi connectivity index (χ4v) is 3.00. The monoisotopic (exact) mass is 361 g/mol. The number of piperidine rings is 1. The largest absolute Gasteiger partial charge is 0.352 e. The zero-order valence-electron chi connectivity index (χ0n) is 14.0. The molecule has 4 nitrogen and oxygen atoms in total. The fourth-order valence-electron chi connectivity index (χ4n) is 3.00. The highest BCUT2D eigenvalue weighted by Crippen LogP contribution is 2.21. The van der Waals surface area contributed by atoms with Gasteiger partial charge >= 0.3 is 0 Å². The van der Waals surface area contributed by atoms with Gasteiger partial charge in [0.05, 0.1) is 0 Å². The van der Waals surface area contributed by atoms with Gasteiger partial charge in [-0.1, -0.05) is 44.2 Å². The lowest BCUT2D eigenvalue weighted by Gasteiger charge is -2.32. The third-order valence-electron chi connectivity index (χ3n) is 4.23. The maximum atomic E-state index is 12.8. The van der Waals surface area contributed by atoms with Crippen molar-refractivity contribution in [1.82, 2.24) is 15.5 Å². The molecule has 0 saturated carbocycles. The summed E-state index contributed by atoms with van der Waals surface area (Å²) in [6.07, 6.45) is 2.04. The van der Waals surface area contributed by atoms with Crippen LogP contribution >= 0.6 is 24.8 Å². The van der Waals surface area contributed by atoms with Crippen molar-refractivity contribution in [2.45, 2.75) is 38.8 Å². The van der Waals surface area contributed by atoms with Crippen LogP contribution in [0.25, 0.3) is 0 Å². The summed E-state index contributed by atoms with van der Waals surface area (Å²) in [5, 5.41) is 6.58. The quantitative estimate of drug-likeness (QED) is 0.818. The summed E-state index contributed by atoms with van der Waals surface area (Å²) < 4.78 is 0. The maximum absolute atomic E-state index is 12.8. The van der Waals surface area contributed by atoms with Gasteiger partial charge in [-0.05, 0) is 44.6 Å². The van der Waals surface area contributed by atoms with Gasteiger partial charge in [0.15, 0.2) is 0 Å². The van der Waals surface area contributed by atoms with E-state index in [2.05, 4.69) is 29.4 Å². The molecule has 1 heterocycles. The molecule has 0 radical (unpaired) electrons. The van der Waals surface area contributed by atoms with Crippen molar-refractivity contribution in [3.8, 4) is 0 Å². The summed E-state index contributed by atoms with van der Waals surface area (Å²) in [4.78, 5) is 15.0. The summed E-state index contributed by atoms with van der Waals surface area (Å²) in [6.45, 7) is 7.94. The zero-order chi connectivity index (χ0) is 15.1. The molecule has 1 amide bonds. The minimum Gasteiger partial charge on any atom is -0.352 e. The average Bonchev–Trinajstić information content (AvgIpc) is 2.54. The lowest BCUT2D eigenvalue weighted by Crippen LogP contribution is -2.47. The van der Waals surface area contributed by atoms with Crippen molar-refractivity contribution in [2.24, 2.45) is 0 Å². The molecule has 1 aliphatic heterocycles. The molecular formula is C17H29Cl2N3O. The van der Waals surface area contributed by atoms with Crippen LogP contribution in [0, 0.1) is 0 Å². The number of carbonyl (C=O) groups excluding carboxylic acids is 1. The highest BCUT2D eigenvalue weighted by Gasteiger charge is 2.27. The Morgan fingerprint density at radius 2 is 1.74 bits per heavy atom. The van der Waals surface area contributed by atoms with E-state index in [0.29, 0.717) is 6.04 Å². The Kier molecular flexibility index (Phi) is 11.3. The predicted octanol–water partition coefficient (Wildman–Crippen LogP) is 2.78. The van der Waals surface area contributed by atoms with Crippen LogP contribution in [-0.4, -0.2) is 43.0 Å². The highest BCUT2D eigenvalue weighted by atomic mass is 35.5. The summed E-state index contributed by atoms with van der Waals surface area (Å²) >= 11 is 0. The molecule has 0 bridgehead atoms. The topological polar surface area (TPSA) is 44.4 Å². The number of nitrogens with zero attached hydrogens (tertiary/aromatic N) is 1. The van der Waals surface area contributed by atoms with Gasteiger partial charge in [-0.15, -0.1) is 24.8 Å². The van der Waals surface area contributed by atoms with Crippen LogP contribution in [0.4, 0.5) is 0 Å². The lowest BCUT2D eigenvalue weighted by atomic mass is 10.0. The predicted molar refractivity (Wildman–Crippen MR) is 101 cm³/mol. The molecule has 0 aliphatic carbocycles. The van der Waals surface area contributed by atoms with Gasteiger partial charge < -0.3 is 10.6 Å². The average molecular weight is 362 g/mol. The molecule has 1 aromatic carbocycles. The maximum Gasteiger partial charge on any atom is 0.242 e. The molecule has 6 heteroatoms. The molecule has 1 aromatic rings. The number of carbonyl (C=O) groups is 1. The summed E-state index contributed by atoms with van der Waals surface area (Å²) in [5.41, 5.74) is 1.08. The first-order valence-corrected chi connectivity index (χ1v) is 8.06. The molecule has 2 N–H and O–H groups in total. The van der Waals surface area contributed by atoms with E-state index in [0.717, 1.165) is 44.6 Å². The SMILES string of the molecule is CCN(CC)C(C(=O)NC1CCNCC1)c1ccccc1.Cl.Cl. The van der Waals surface area contributed by atoms with E-state index in [1.165, 1.54) is 0 Å². The van der Waals surface area contributed by atoms with Crippen LogP contribution < -0.4 is 10.6 Å². The van der Waals surface area contributed by atoms with E-state index in [4.69, 9.17) is 0 Å². The zero-order valence-corrected chi connectivity index (χ0v) is 15.6. The van der Waals surface area contributed by atoms with E-state index < -0.39 is 0 Å². The number of amides is 1. The van der Waals surface area contributed by atoms with E-state index in [1.54, 1.807) is 0 Å². The Morgan fingerprint density at radius 3 is 2.26 bits per heavy atom. The van der Waals surface area contributed by atoms with E-state index in [9.17, 15) is 4.79 Å². The molecule has 132 valence electrons. The first-order chi connectivity index (χ1) is 10.3. The molecule has 2 rings (SSSR count). The number of nitrogens with one attached hydrogen (secondary N) is 2. The number of likely N-dealkylation sites (N-methyl/N-ethyl adjacent to an activating group) is 1. The van der Waals surface area contributed by atoms with Crippen molar-refractivity contribution in [3.05, 3.63) is 35.9 Å². The number of hydrogen-bond acceptors (Lipinski definition) is 3. The lowest BCUT2D eigenvalue weighted by molar-refractivity contribution is -0.127.